The van der Waals surface area contributed by atoms with E-state index in [2.05, 4.69) is 32.2 Å². The van der Waals surface area contributed by atoms with E-state index >= 15 is 0 Å². The predicted octanol–water partition coefficient (Wildman–Crippen LogP) is 4.26. The van der Waals surface area contributed by atoms with Gasteiger partial charge < -0.3 is 5.32 Å². The molecule has 0 spiro atoms. The van der Waals surface area contributed by atoms with Crippen molar-refractivity contribution in [3.63, 3.8) is 0 Å². The van der Waals surface area contributed by atoms with Gasteiger partial charge in [0.15, 0.2) is 0 Å². The Morgan fingerprint density at radius 1 is 1.18 bits per heavy atom. The highest BCUT2D eigenvalue weighted by atomic mass is 14.9. The van der Waals surface area contributed by atoms with Gasteiger partial charge in [-0.2, -0.15) is 0 Å². The molecule has 1 nitrogen and oxygen atoms in total. The number of benzene rings is 1. The maximum atomic E-state index is 3.60. The smallest absolute Gasteiger partial charge is 0.0405 e. The molecule has 1 aromatic rings. The molecular formula is C16H25N. The molecule has 0 radical (unpaired) electrons. The van der Waals surface area contributed by atoms with Crippen LogP contribution in [0.2, 0.25) is 0 Å². The van der Waals surface area contributed by atoms with E-state index in [0.717, 1.165) is 6.54 Å². The number of anilines is 1. The predicted molar refractivity (Wildman–Crippen MR) is 76.0 cm³/mol. The van der Waals surface area contributed by atoms with Crippen LogP contribution in [0.1, 0.15) is 55.4 Å². The Balaban J connectivity index is 2.46. The molecule has 0 amide bonds. The lowest BCUT2D eigenvalue weighted by molar-refractivity contribution is 0.805. The number of fused-ring (bicyclic) bond motifs is 1. The van der Waals surface area contributed by atoms with E-state index in [4.69, 9.17) is 0 Å². The summed E-state index contributed by atoms with van der Waals surface area (Å²) >= 11 is 0. The molecule has 1 heterocycles. The van der Waals surface area contributed by atoms with E-state index in [1.807, 2.05) is 0 Å². The highest BCUT2D eigenvalue weighted by Gasteiger charge is 2.16. The summed E-state index contributed by atoms with van der Waals surface area (Å²) in [4.78, 5) is 0. The molecule has 1 heteroatoms. The van der Waals surface area contributed by atoms with Gasteiger partial charge in [0, 0.05) is 12.2 Å². The molecule has 94 valence electrons. The monoisotopic (exact) mass is 231 g/mol. The molecule has 0 bridgehead atoms. The first-order valence-electron chi connectivity index (χ1n) is 7.16. The van der Waals surface area contributed by atoms with Crippen LogP contribution in [0.4, 0.5) is 5.69 Å². The van der Waals surface area contributed by atoms with Crippen molar-refractivity contribution < 1.29 is 0 Å². The van der Waals surface area contributed by atoms with Gasteiger partial charge in [-0.1, -0.05) is 32.8 Å². The number of aryl methyl sites for hydroxylation is 2. The standard InChI is InChI=1S/C16H25N/c1-4-7-13-11-14-9-6-10-17-16(14)12(3)15(13)8-5-2/h11,17H,4-10H2,1-3H3. The van der Waals surface area contributed by atoms with Gasteiger partial charge in [0.25, 0.3) is 0 Å². The van der Waals surface area contributed by atoms with E-state index in [1.165, 1.54) is 49.8 Å². The lowest BCUT2D eigenvalue weighted by Gasteiger charge is -2.24. The number of nitrogens with one attached hydrogen (secondary N) is 1. The molecule has 17 heavy (non-hydrogen) atoms. The number of hydrogen-bond donors (Lipinski definition) is 1. The molecule has 1 aromatic carbocycles. The van der Waals surface area contributed by atoms with Crippen molar-refractivity contribution in [3.8, 4) is 0 Å². The van der Waals surface area contributed by atoms with Crippen LogP contribution in [0.25, 0.3) is 0 Å². The maximum Gasteiger partial charge on any atom is 0.0405 e. The molecule has 0 aromatic heterocycles. The van der Waals surface area contributed by atoms with E-state index in [0.29, 0.717) is 0 Å². The molecule has 0 aliphatic carbocycles. The summed E-state index contributed by atoms with van der Waals surface area (Å²) in [5.41, 5.74) is 7.74. The Hall–Kier alpha value is -0.980. The zero-order valence-electron chi connectivity index (χ0n) is 11.5. The van der Waals surface area contributed by atoms with Gasteiger partial charge in [-0.3, -0.25) is 0 Å². The molecule has 1 aliphatic rings. The molecular weight excluding hydrogens is 206 g/mol. The topological polar surface area (TPSA) is 12.0 Å². The molecule has 0 atom stereocenters. The summed E-state index contributed by atoms with van der Waals surface area (Å²) in [5, 5.41) is 3.60. The van der Waals surface area contributed by atoms with Gasteiger partial charge in [0.1, 0.15) is 0 Å². The summed E-state index contributed by atoms with van der Waals surface area (Å²) < 4.78 is 0. The van der Waals surface area contributed by atoms with Gasteiger partial charge in [-0.05, 0) is 54.9 Å². The molecule has 1 aliphatic heterocycles. The zero-order chi connectivity index (χ0) is 12.3. The van der Waals surface area contributed by atoms with E-state index in [-0.39, 0.29) is 0 Å². The Bertz CT molecular complexity index is 393. The summed E-state index contributed by atoms with van der Waals surface area (Å²) in [6, 6.07) is 2.48. The fourth-order valence-electron chi connectivity index (χ4n) is 3.03. The van der Waals surface area contributed by atoms with Crippen molar-refractivity contribution in [3.05, 3.63) is 28.3 Å². The van der Waals surface area contributed by atoms with Gasteiger partial charge in [0.05, 0.1) is 0 Å². The van der Waals surface area contributed by atoms with Crippen molar-refractivity contribution in [1.29, 1.82) is 0 Å². The second-order valence-electron chi connectivity index (χ2n) is 5.20. The lowest BCUT2D eigenvalue weighted by atomic mass is 9.88. The zero-order valence-corrected chi connectivity index (χ0v) is 11.5. The molecule has 2 rings (SSSR count). The van der Waals surface area contributed by atoms with Gasteiger partial charge in [-0.15, -0.1) is 0 Å². The maximum absolute atomic E-state index is 3.60. The first-order valence-corrected chi connectivity index (χ1v) is 7.16. The Kier molecular flexibility index (Phi) is 4.09. The molecule has 0 saturated carbocycles. The summed E-state index contributed by atoms with van der Waals surface area (Å²) in [6.45, 7) is 8.01. The van der Waals surface area contributed by atoms with Crippen LogP contribution in [0.5, 0.6) is 0 Å². The average molecular weight is 231 g/mol. The van der Waals surface area contributed by atoms with Crippen molar-refractivity contribution >= 4 is 5.69 Å². The van der Waals surface area contributed by atoms with Crippen LogP contribution >= 0.6 is 0 Å². The SMILES string of the molecule is CCCc1cc2c(c(C)c1CCC)NCCC2. The third-order valence-corrected chi connectivity index (χ3v) is 3.83. The van der Waals surface area contributed by atoms with Crippen LogP contribution in [0, 0.1) is 6.92 Å². The second kappa shape index (κ2) is 5.57. The van der Waals surface area contributed by atoms with Gasteiger partial charge >= 0.3 is 0 Å². The second-order valence-corrected chi connectivity index (χ2v) is 5.20. The van der Waals surface area contributed by atoms with Crippen LogP contribution in [0.15, 0.2) is 6.07 Å². The first kappa shape index (κ1) is 12.5. The number of hydrogen-bond acceptors (Lipinski definition) is 1. The minimum atomic E-state index is 1.15. The summed E-state index contributed by atoms with van der Waals surface area (Å²) in [7, 11) is 0. The molecule has 0 saturated heterocycles. The minimum Gasteiger partial charge on any atom is -0.385 e. The molecule has 0 unspecified atom stereocenters. The quantitative estimate of drug-likeness (QED) is 0.816. The summed E-state index contributed by atoms with van der Waals surface area (Å²) in [6.07, 6.45) is 7.51. The van der Waals surface area contributed by atoms with E-state index in [9.17, 15) is 0 Å². The van der Waals surface area contributed by atoms with Gasteiger partial charge in [0.2, 0.25) is 0 Å². The lowest BCUT2D eigenvalue weighted by Crippen LogP contribution is -2.15. The third-order valence-electron chi connectivity index (χ3n) is 3.83. The first-order chi connectivity index (χ1) is 8.27. The normalized spacial score (nSPS) is 14.3. The van der Waals surface area contributed by atoms with Crippen LogP contribution in [-0.2, 0) is 19.3 Å². The van der Waals surface area contributed by atoms with E-state index in [1.54, 1.807) is 16.7 Å². The number of rotatable bonds is 4. The third kappa shape index (κ3) is 2.48. The fourth-order valence-corrected chi connectivity index (χ4v) is 3.03. The molecule has 1 N–H and O–H groups in total. The highest BCUT2D eigenvalue weighted by molar-refractivity contribution is 5.63. The summed E-state index contributed by atoms with van der Waals surface area (Å²) in [5.74, 6) is 0. The van der Waals surface area contributed by atoms with Crippen molar-refractivity contribution in [1.82, 2.24) is 0 Å². The highest BCUT2D eigenvalue weighted by Crippen LogP contribution is 2.32. The minimum absolute atomic E-state index is 1.15. The molecule has 0 fully saturated rings. The van der Waals surface area contributed by atoms with Crippen LogP contribution in [-0.4, -0.2) is 6.54 Å². The van der Waals surface area contributed by atoms with E-state index < -0.39 is 0 Å². The van der Waals surface area contributed by atoms with Crippen LogP contribution < -0.4 is 5.32 Å². The van der Waals surface area contributed by atoms with Crippen molar-refractivity contribution in [2.75, 3.05) is 11.9 Å². The van der Waals surface area contributed by atoms with Crippen molar-refractivity contribution in [2.24, 2.45) is 0 Å². The largest absolute Gasteiger partial charge is 0.385 e. The van der Waals surface area contributed by atoms with Crippen LogP contribution in [0.3, 0.4) is 0 Å². The average Bonchev–Trinajstić information content (AvgIpc) is 2.34. The Morgan fingerprint density at radius 2 is 1.94 bits per heavy atom. The fraction of sp³-hybridized carbons (Fsp3) is 0.625. The van der Waals surface area contributed by atoms with Crippen molar-refractivity contribution in [2.45, 2.75) is 59.3 Å². The Labute approximate surface area is 106 Å². The Morgan fingerprint density at radius 3 is 2.65 bits per heavy atom. The van der Waals surface area contributed by atoms with Gasteiger partial charge in [-0.25, -0.2) is 0 Å².